The number of hydrogen-bond acceptors (Lipinski definition) is 4. The smallest absolute Gasteiger partial charge is 0.406 e. The van der Waals surface area contributed by atoms with Gasteiger partial charge in [-0.25, -0.2) is 4.99 Å². The summed E-state index contributed by atoms with van der Waals surface area (Å²) in [5, 5.41) is 2.63. The molecule has 0 spiro atoms. The van der Waals surface area contributed by atoms with Crippen LogP contribution in [-0.4, -0.2) is 29.7 Å². The highest BCUT2D eigenvalue weighted by molar-refractivity contribution is 5.75. The summed E-state index contributed by atoms with van der Waals surface area (Å²) in [5.74, 6) is -0.540. The van der Waals surface area contributed by atoms with Gasteiger partial charge in [-0.05, 0) is 23.8 Å². The molecule has 1 aliphatic rings. The van der Waals surface area contributed by atoms with Crippen molar-refractivity contribution in [3.63, 3.8) is 0 Å². The monoisotopic (exact) mass is 313 g/mol. The van der Waals surface area contributed by atoms with Gasteiger partial charge in [0.25, 0.3) is 0 Å². The van der Waals surface area contributed by atoms with Crippen LogP contribution in [-0.2, 0) is 11.3 Å². The molecule has 0 aliphatic carbocycles. The van der Waals surface area contributed by atoms with E-state index in [0.29, 0.717) is 5.56 Å². The van der Waals surface area contributed by atoms with Crippen LogP contribution >= 0.6 is 0 Å². The van der Waals surface area contributed by atoms with Gasteiger partial charge in [-0.3, -0.25) is 4.79 Å². The molecule has 118 valence electrons. The molecular weight excluding hydrogens is 299 g/mol. The lowest BCUT2D eigenvalue weighted by Crippen LogP contribution is -2.44. The van der Waals surface area contributed by atoms with Gasteiger partial charge in [0.1, 0.15) is 5.75 Å². The Morgan fingerprint density at radius 2 is 2.23 bits per heavy atom. The molecule has 1 unspecified atom stereocenters. The maximum atomic E-state index is 12.2. The highest BCUT2D eigenvalue weighted by Crippen LogP contribution is 2.24. The van der Waals surface area contributed by atoms with Crippen molar-refractivity contribution in [1.82, 2.24) is 10.2 Å². The average Bonchev–Trinajstić information content (AvgIpc) is 2.39. The number of carbonyl (C=O) groups excluding carboxylic acids is 1. The van der Waals surface area contributed by atoms with Crippen molar-refractivity contribution in [3.8, 4) is 5.75 Å². The van der Waals surface area contributed by atoms with E-state index in [9.17, 15) is 18.0 Å². The number of alkyl halides is 3. The maximum absolute atomic E-state index is 12.2. The molecule has 1 aromatic carbocycles. The molecule has 2 rings (SSSR count). The van der Waals surface area contributed by atoms with Crippen LogP contribution < -0.4 is 10.1 Å². The fourth-order valence-electron chi connectivity index (χ4n) is 1.94. The van der Waals surface area contributed by atoms with Crippen LogP contribution in [0.3, 0.4) is 0 Å². The van der Waals surface area contributed by atoms with E-state index in [0.717, 1.165) is 0 Å². The molecule has 0 radical (unpaired) electrons. The first kappa shape index (κ1) is 15.9. The SMILES string of the molecule is CC(=O)NC1N=CC=CN1Cc1cccc(OC(F)(F)F)c1. The normalized spacial score (nSPS) is 17.5. The number of hydrogen-bond donors (Lipinski definition) is 1. The number of halogens is 3. The third-order valence-electron chi connectivity index (χ3n) is 2.73. The molecule has 1 amide bonds. The van der Waals surface area contributed by atoms with E-state index in [1.54, 1.807) is 29.5 Å². The highest BCUT2D eigenvalue weighted by atomic mass is 19.4. The molecule has 1 aromatic rings. The molecule has 0 saturated carbocycles. The van der Waals surface area contributed by atoms with Gasteiger partial charge in [0.2, 0.25) is 5.91 Å². The summed E-state index contributed by atoms with van der Waals surface area (Å²) in [4.78, 5) is 16.9. The minimum atomic E-state index is -4.73. The van der Waals surface area contributed by atoms with Crippen LogP contribution in [0, 0.1) is 0 Å². The Balaban J connectivity index is 2.09. The van der Waals surface area contributed by atoms with Crippen LogP contribution in [0.5, 0.6) is 5.75 Å². The summed E-state index contributed by atoms with van der Waals surface area (Å²) >= 11 is 0. The largest absolute Gasteiger partial charge is 0.573 e. The minimum absolute atomic E-state index is 0.253. The molecule has 0 aromatic heterocycles. The van der Waals surface area contributed by atoms with Gasteiger partial charge in [0.05, 0.1) is 0 Å². The van der Waals surface area contributed by atoms with E-state index in [4.69, 9.17) is 0 Å². The van der Waals surface area contributed by atoms with Crippen LogP contribution in [0.2, 0.25) is 0 Å². The summed E-state index contributed by atoms with van der Waals surface area (Å²) in [7, 11) is 0. The van der Waals surface area contributed by atoms with Crippen LogP contribution in [0.25, 0.3) is 0 Å². The minimum Gasteiger partial charge on any atom is -0.406 e. The Kier molecular flexibility index (Phi) is 4.69. The Morgan fingerprint density at radius 3 is 2.91 bits per heavy atom. The van der Waals surface area contributed by atoms with Gasteiger partial charge in [-0.15, -0.1) is 13.2 Å². The van der Waals surface area contributed by atoms with Crippen molar-refractivity contribution in [1.29, 1.82) is 0 Å². The van der Waals surface area contributed by atoms with E-state index >= 15 is 0 Å². The molecule has 1 atom stereocenters. The second kappa shape index (κ2) is 6.50. The second-order valence-corrected chi connectivity index (χ2v) is 4.58. The van der Waals surface area contributed by atoms with Crippen LogP contribution in [0.1, 0.15) is 12.5 Å². The first-order valence-corrected chi connectivity index (χ1v) is 6.41. The fraction of sp³-hybridized carbons (Fsp3) is 0.286. The molecular formula is C14H14F3N3O2. The van der Waals surface area contributed by atoms with Crippen molar-refractivity contribution in [2.75, 3.05) is 0 Å². The van der Waals surface area contributed by atoms with E-state index in [2.05, 4.69) is 15.0 Å². The van der Waals surface area contributed by atoms with Crippen LogP contribution in [0.15, 0.2) is 41.5 Å². The first-order chi connectivity index (χ1) is 10.3. The van der Waals surface area contributed by atoms with Gasteiger partial charge < -0.3 is 15.0 Å². The van der Waals surface area contributed by atoms with E-state index < -0.39 is 12.7 Å². The number of carbonyl (C=O) groups is 1. The summed E-state index contributed by atoms with van der Waals surface area (Å²) in [5.41, 5.74) is 0.596. The number of rotatable bonds is 4. The number of ether oxygens (including phenoxy) is 1. The molecule has 1 aliphatic heterocycles. The summed E-state index contributed by atoms with van der Waals surface area (Å²) in [6.45, 7) is 1.64. The standard InChI is InChI=1S/C14H14F3N3O2/c1-10(21)19-13-18-6-3-7-20(13)9-11-4-2-5-12(8-11)22-14(15,16)17/h2-8,13H,9H2,1H3,(H,19,21). The lowest BCUT2D eigenvalue weighted by molar-refractivity contribution is -0.274. The van der Waals surface area contributed by atoms with Gasteiger partial charge in [-0.2, -0.15) is 0 Å². The number of allylic oxidation sites excluding steroid dienone is 1. The zero-order valence-electron chi connectivity index (χ0n) is 11.7. The third-order valence-corrected chi connectivity index (χ3v) is 2.73. The predicted octanol–water partition coefficient (Wildman–Crippen LogP) is 2.41. The van der Waals surface area contributed by atoms with Gasteiger partial charge in [0, 0.05) is 25.9 Å². The average molecular weight is 313 g/mol. The molecule has 0 bridgehead atoms. The maximum Gasteiger partial charge on any atom is 0.573 e. The molecule has 1 N–H and O–H groups in total. The zero-order valence-corrected chi connectivity index (χ0v) is 11.7. The van der Waals surface area contributed by atoms with Crippen molar-refractivity contribution in [3.05, 3.63) is 42.1 Å². The topological polar surface area (TPSA) is 53.9 Å². The van der Waals surface area contributed by atoms with Crippen molar-refractivity contribution in [2.45, 2.75) is 26.1 Å². The number of amides is 1. The zero-order chi connectivity index (χ0) is 16.2. The van der Waals surface area contributed by atoms with Crippen molar-refractivity contribution >= 4 is 12.1 Å². The van der Waals surface area contributed by atoms with E-state index in [1.165, 1.54) is 25.1 Å². The predicted molar refractivity (Wildman–Crippen MR) is 73.9 cm³/mol. The molecule has 0 fully saturated rings. The number of nitrogens with one attached hydrogen (secondary N) is 1. The molecule has 1 heterocycles. The molecule has 5 nitrogen and oxygen atoms in total. The lowest BCUT2D eigenvalue weighted by atomic mass is 10.2. The van der Waals surface area contributed by atoms with Crippen LogP contribution in [0.4, 0.5) is 13.2 Å². The number of nitrogens with zero attached hydrogens (tertiary/aromatic N) is 2. The molecule has 0 saturated heterocycles. The Labute approximate surface area is 125 Å². The Hall–Kier alpha value is -2.51. The Bertz CT molecular complexity index is 599. The fourth-order valence-corrected chi connectivity index (χ4v) is 1.94. The molecule has 22 heavy (non-hydrogen) atoms. The summed E-state index contributed by atoms with van der Waals surface area (Å²) in [6.07, 6.45) is -0.402. The van der Waals surface area contributed by atoms with Gasteiger partial charge in [0.15, 0.2) is 6.29 Å². The molecule has 8 heteroatoms. The van der Waals surface area contributed by atoms with Gasteiger partial charge >= 0.3 is 6.36 Å². The Morgan fingerprint density at radius 1 is 1.45 bits per heavy atom. The highest BCUT2D eigenvalue weighted by Gasteiger charge is 2.31. The lowest BCUT2D eigenvalue weighted by Gasteiger charge is -2.29. The summed E-state index contributed by atoms with van der Waals surface area (Å²) in [6, 6.07) is 5.66. The van der Waals surface area contributed by atoms with Crippen molar-refractivity contribution < 1.29 is 22.7 Å². The van der Waals surface area contributed by atoms with E-state index in [1.807, 2.05) is 0 Å². The van der Waals surface area contributed by atoms with E-state index in [-0.39, 0.29) is 18.2 Å². The van der Waals surface area contributed by atoms with Gasteiger partial charge in [-0.1, -0.05) is 12.1 Å². The summed E-state index contributed by atoms with van der Waals surface area (Å²) < 4.78 is 40.6. The first-order valence-electron chi connectivity index (χ1n) is 6.41. The third kappa shape index (κ3) is 4.80. The quantitative estimate of drug-likeness (QED) is 0.929. The number of benzene rings is 1. The number of aliphatic imine (C=N–C) groups is 1. The second-order valence-electron chi connectivity index (χ2n) is 4.58. The van der Waals surface area contributed by atoms with Crippen molar-refractivity contribution in [2.24, 2.45) is 4.99 Å².